The first kappa shape index (κ1) is 20.4. The minimum atomic E-state index is 0. The van der Waals surface area contributed by atoms with Crippen LogP contribution >= 0.6 is 39.9 Å². The Balaban J connectivity index is 0.00000264. The van der Waals surface area contributed by atoms with Crippen LogP contribution in [0.4, 0.5) is 0 Å². The second-order valence-corrected chi connectivity index (χ2v) is 6.21. The summed E-state index contributed by atoms with van der Waals surface area (Å²) in [5.41, 5.74) is 2.72. The Hall–Kier alpha value is -0.600. The first-order valence-corrected chi connectivity index (χ1v) is 8.41. The second kappa shape index (κ2) is 11.0. The molecular formula is C17H25BrIN3O. The summed E-state index contributed by atoms with van der Waals surface area (Å²) in [6.45, 7) is 3.32. The molecule has 4 nitrogen and oxygen atoms in total. The lowest BCUT2D eigenvalue weighted by molar-refractivity contribution is 0.153. The van der Waals surface area contributed by atoms with Gasteiger partial charge in [-0.3, -0.25) is 4.99 Å². The molecule has 0 aromatic heterocycles. The van der Waals surface area contributed by atoms with Crippen LogP contribution in [0.1, 0.15) is 18.4 Å². The van der Waals surface area contributed by atoms with Crippen LogP contribution in [0.3, 0.4) is 0 Å². The van der Waals surface area contributed by atoms with Gasteiger partial charge in [0.25, 0.3) is 0 Å². The van der Waals surface area contributed by atoms with Gasteiger partial charge in [-0.25, -0.2) is 0 Å². The molecule has 0 spiro atoms. The summed E-state index contributed by atoms with van der Waals surface area (Å²) in [7, 11) is 3.88. The number of nitrogens with one attached hydrogen (secondary N) is 1. The molecule has 0 bridgehead atoms. The number of ether oxygens (including phenoxy) is 1. The molecule has 1 aromatic carbocycles. The van der Waals surface area contributed by atoms with Gasteiger partial charge in [-0.1, -0.05) is 45.8 Å². The molecule has 1 aliphatic rings. The van der Waals surface area contributed by atoms with Crippen LogP contribution in [0.5, 0.6) is 0 Å². The van der Waals surface area contributed by atoms with Crippen molar-refractivity contribution in [2.75, 3.05) is 33.9 Å². The SMILES string of the molecule is CN=C(NCCC1=CCOCC1)N(C)Cc1ccccc1Br.I. The molecule has 0 saturated carbocycles. The van der Waals surface area contributed by atoms with Gasteiger partial charge < -0.3 is 15.0 Å². The molecule has 23 heavy (non-hydrogen) atoms. The highest BCUT2D eigenvalue weighted by molar-refractivity contribution is 14.0. The predicted molar refractivity (Wildman–Crippen MR) is 111 cm³/mol. The lowest BCUT2D eigenvalue weighted by Gasteiger charge is -2.23. The maximum Gasteiger partial charge on any atom is 0.193 e. The molecule has 128 valence electrons. The van der Waals surface area contributed by atoms with E-state index in [9.17, 15) is 0 Å². The maximum absolute atomic E-state index is 5.33. The van der Waals surface area contributed by atoms with Gasteiger partial charge in [0.1, 0.15) is 0 Å². The molecule has 1 N–H and O–H groups in total. The topological polar surface area (TPSA) is 36.9 Å². The summed E-state index contributed by atoms with van der Waals surface area (Å²) < 4.78 is 6.46. The molecule has 0 aliphatic carbocycles. The average Bonchev–Trinajstić information content (AvgIpc) is 2.54. The van der Waals surface area contributed by atoms with Crippen molar-refractivity contribution in [2.45, 2.75) is 19.4 Å². The zero-order chi connectivity index (χ0) is 15.8. The molecule has 0 fully saturated rings. The first-order chi connectivity index (χ1) is 10.7. The smallest absolute Gasteiger partial charge is 0.193 e. The van der Waals surface area contributed by atoms with Gasteiger partial charge in [0.15, 0.2) is 5.96 Å². The third-order valence-electron chi connectivity index (χ3n) is 3.73. The fourth-order valence-corrected chi connectivity index (χ4v) is 2.88. The van der Waals surface area contributed by atoms with Crippen LogP contribution in [0, 0.1) is 0 Å². The van der Waals surface area contributed by atoms with E-state index in [4.69, 9.17) is 4.74 Å². The van der Waals surface area contributed by atoms with Crippen molar-refractivity contribution in [3.05, 3.63) is 46.0 Å². The molecule has 0 unspecified atom stereocenters. The zero-order valence-corrected chi connectivity index (χ0v) is 17.6. The van der Waals surface area contributed by atoms with E-state index in [0.717, 1.165) is 49.6 Å². The highest BCUT2D eigenvalue weighted by atomic mass is 127. The van der Waals surface area contributed by atoms with Crippen LogP contribution in [0.2, 0.25) is 0 Å². The highest BCUT2D eigenvalue weighted by Gasteiger charge is 2.09. The molecule has 2 rings (SSSR count). The van der Waals surface area contributed by atoms with Gasteiger partial charge in [0.05, 0.1) is 13.2 Å². The van der Waals surface area contributed by atoms with E-state index in [0.29, 0.717) is 0 Å². The number of rotatable bonds is 5. The fourth-order valence-electron chi connectivity index (χ4n) is 2.47. The normalized spacial score (nSPS) is 14.7. The average molecular weight is 494 g/mol. The van der Waals surface area contributed by atoms with Gasteiger partial charge in [0.2, 0.25) is 0 Å². The number of benzene rings is 1. The summed E-state index contributed by atoms with van der Waals surface area (Å²) in [6.07, 6.45) is 4.29. The standard InChI is InChI=1S/C17H24BrN3O.HI/c1-19-17(20-10-7-14-8-11-22-12-9-14)21(2)13-15-5-3-4-6-16(15)18;/h3-6,8H,7,9-13H2,1-2H3,(H,19,20);1H. The van der Waals surface area contributed by atoms with Crippen LogP contribution in [-0.4, -0.2) is 44.7 Å². The maximum atomic E-state index is 5.33. The molecular weight excluding hydrogens is 469 g/mol. The fraction of sp³-hybridized carbons (Fsp3) is 0.471. The van der Waals surface area contributed by atoms with E-state index in [-0.39, 0.29) is 24.0 Å². The Bertz CT molecular complexity index is 548. The van der Waals surface area contributed by atoms with Gasteiger partial charge in [0, 0.05) is 31.7 Å². The van der Waals surface area contributed by atoms with Crippen molar-refractivity contribution < 1.29 is 4.74 Å². The summed E-state index contributed by atoms with van der Waals surface area (Å²) in [5, 5.41) is 3.44. The van der Waals surface area contributed by atoms with Crippen LogP contribution in [0.15, 0.2) is 45.4 Å². The predicted octanol–water partition coefficient (Wildman–Crippen LogP) is 3.81. The van der Waals surface area contributed by atoms with Crippen LogP contribution in [-0.2, 0) is 11.3 Å². The summed E-state index contributed by atoms with van der Waals surface area (Å²) in [5.74, 6) is 0.920. The summed E-state index contributed by atoms with van der Waals surface area (Å²) in [6, 6.07) is 8.28. The number of nitrogens with zero attached hydrogens (tertiary/aromatic N) is 2. The largest absolute Gasteiger partial charge is 0.377 e. The van der Waals surface area contributed by atoms with Crippen molar-refractivity contribution in [3.8, 4) is 0 Å². The van der Waals surface area contributed by atoms with Crippen molar-refractivity contribution in [1.82, 2.24) is 10.2 Å². The first-order valence-electron chi connectivity index (χ1n) is 7.61. The molecule has 0 atom stereocenters. The third-order valence-corrected chi connectivity index (χ3v) is 4.50. The summed E-state index contributed by atoms with van der Waals surface area (Å²) in [4.78, 5) is 6.51. The number of aliphatic imine (C=N–C) groups is 1. The van der Waals surface area contributed by atoms with E-state index in [2.05, 4.69) is 62.5 Å². The quantitative estimate of drug-likeness (QED) is 0.293. The van der Waals surface area contributed by atoms with E-state index in [1.165, 1.54) is 11.1 Å². The van der Waals surface area contributed by atoms with Gasteiger partial charge >= 0.3 is 0 Å². The third kappa shape index (κ3) is 6.81. The van der Waals surface area contributed by atoms with Crippen molar-refractivity contribution in [1.29, 1.82) is 0 Å². The van der Waals surface area contributed by atoms with Crippen molar-refractivity contribution in [2.24, 2.45) is 4.99 Å². The Labute approximate surface area is 164 Å². The van der Waals surface area contributed by atoms with Crippen molar-refractivity contribution in [3.63, 3.8) is 0 Å². The number of halogens is 2. The molecule has 1 aromatic rings. The Kier molecular flexibility index (Phi) is 9.81. The Morgan fingerprint density at radius 2 is 2.17 bits per heavy atom. The van der Waals surface area contributed by atoms with E-state index in [1.54, 1.807) is 0 Å². The van der Waals surface area contributed by atoms with Crippen molar-refractivity contribution >= 4 is 45.9 Å². The lowest BCUT2D eigenvalue weighted by atomic mass is 10.1. The number of hydrogen-bond acceptors (Lipinski definition) is 2. The Morgan fingerprint density at radius 3 is 2.83 bits per heavy atom. The zero-order valence-electron chi connectivity index (χ0n) is 13.7. The number of guanidine groups is 1. The molecule has 0 radical (unpaired) electrons. The molecule has 1 aliphatic heterocycles. The number of hydrogen-bond donors (Lipinski definition) is 1. The van der Waals surface area contributed by atoms with Gasteiger partial charge in [-0.2, -0.15) is 0 Å². The molecule has 0 saturated heterocycles. The summed E-state index contributed by atoms with van der Waals surface area (Å²) >= 11 is 3.59. The minimum absolute atomic E-state index is 0. The highest BCUT2D eigenvalue weighted by Crippen LogP contribution is 2.17. The van der Waals surface area contributed by atoms with E-state index < -0.39 is 0 Å². The van der Waals surface area contributed by atoms with E-state index >= 15 is 0 Å². The van der Waals surface area contributed by atoms with Crippen LogP contribution < -0.4 is 5.32 Å². The Morgan fingerprint density at radius 1 is 1.39 bits per heavy atom. The molecule has 0 amide bonds. The van der Waals surface area contributed by atoms with Gasteiger partial charge in [-0.05, 0) is 24.5 Å². The van der Waals surface area contributed by atoms with Crippen LogP contribution in [0.25, 0.3) is 0 Å². The minimum Gasteiger partial charge on any atom is -0.377 e. The molecule has 6 heteroatoms. The lowest BCUT2D eigenvalue weighted by Crippen LogP contribution is -2.39. The monoisotopic (exact) mass is 493 g/mol. The molecule has 1 heterocycles. The van der Waals surface area contributed by atoms with E-state index in [1.807, 2.05) is 13.1 Å². The van der Waals surface area contributed by atoms with Gasteiger partial charge in [-0.15, -0.1) is 24.0 Å². The second-order valence-electron chi connectivity index (χ2n) is 5.36.